The van der Waals surface area contributed by atoms with Gasteiger partial charge < -0.3 is 15.2 Å². The van der Waals surface area contributed by atoms with Crippen molar-refractivity contribution < 1.29 is 14.6 Å². The van der Waals surface area contributed by atoms with Crippen molar-refractivity contribution in [3.63, 3.8) is 0 Å². The summed E-state index contributed by atoms with van der Waals surface area (Å²) in [5.41, 5.74) is 0.692. The first-order chi connectivity index (χ1) is 11.0. The first kappa shape index (κ1) is 16.9. The maximum Gasteiger partial charge on any atom is 0.329 e. The Hall–Kier alpha value is -0.980. The Labute approximate surface area is 145 Å². The first-order valence-corrected chi connectivity index (χ1v) is 9.02. The summed E-state index contributed by atoms with van der Waals surface area (Å²) < 4.78 is 6.82. The fourth-order valence-corrected chi connectivity index (χ4v) is 4.20. The molecule has 1 aliphatic heterocycles. The third-order valence-corrected chi connectivity index (χ3v) is 5.92. The summed E-state index contributed by atoms with van der Waals surface area (Å²) in [6.45, 7) is 1.89. The lowest BCUT2D eigenvalue weighted by molar-refractivity contribution is -0.157. The minimum atomic E-state index is -0.927. The summed E-state index contributed by atoms with van der Waals surface area (Å²) >= 11 is 3.40. The van der Waals surface area contributed by atoms with Crippen molar-refractivity contribution in [1.82, 2.24) is 10.3 Å². The van der Waals surface area contributed by atoms with E-state index in [1.165, 1.54) is 12.8 Å². The van der Waals surface area contributed by atoms with Crippen LogP contribution >= 0.6 is 15.9 Å². The molecule has 0 amide bonds. The second kappa shape index (κ2) is 6.87. The van der Waals surface area contributed by atoms with E-state index in [1.54, 1.807) is 6.20 Å². The maximum atomic E-state index is 11.0. The van der Waals surface area contributed by atoms with Crippen LogP contribution in [0.4, 0.5) is 0 Å². The highest BCUT2D eigenvalue weighted by molar-refractivity contribution is 9.10. The van der Waals surface area contributed by atoms with Crippen LogP contribution in [0.25, 0.3) is 0 Å². The first-order valence-electron chi connectivity index (χ1n) is 8.22. The summed E-state index contributed by atoms with van der Waals surface area (Å²) in [6.07, 6.45) is 8.00. The number of pyridine rings is 1. The predicted molar refractivity (Wildman–Crippen MR) is 90.2 cm³/mol. The highest BCUT2D eigenvalue weighted by Crippen LogP contribution is 2.51. The van der Waals surface area contributed by atoms with Crippen LogP contribution in [0.5, 0.6) is 0 Å². The summed E-state index contributed by atoms with van der Waals surface area (Å²) in [4.78, 5) is 15.5. The van der Waals surface area contributed by atoms with E-state index in [-0.39, 0.29) is 6.61 Å². The lowest BCUT2D eigenvalue weighted by Crippen LogP contribution is -2.45. The summed E-state index contributed by atoms with van der Waals surface area (Å²) in [5.74, 6) is -0.927. The molecular weight excluding hydrogens is 360 g/mol. The fourth-order valence-electron chi connectivity index (χ4n) is 3.96. The van der Waals surface area contributed by atoms with E-state index in [0.717, 1.165) is 48.9 Å². The molecule has 2 heterocycles. The number of aliphatic carboxylic acids is 1. The number of halogens is 1. The van der Waals surface area contributed by atoms with Crippen LogP contribution in [0.2, 0.25) is 0 Å². The van der Waals surface area contributed by atoms with Crippen molar-refractivity contribution in [2.24, 2.45) is 5.41 Å². The second-order valence-electron chi connectivity index (χ2n) is 6.79. The van der Waals surface area contributed by atoms with E-state index in [1.807, 2.05) is 12.1 Å². The number of piperidine rings is 1. The number of carbonyl (C=O) groups is 1. The number of aromatic nitrogens is 1. The number of hydrogen-bond donors (Lipinski definition) is 2. The number of nitrogens with one attached hydrogen (secondary N) is 1. The van der Waals surface area contributed by atoms with Gasteiger partial charge in [-0.15, -0.1) is 0 Å². The molecule has 6 heteroatoms. The van der Waals surface area contributed by atoms with Gasteiger partial charge >= 0.3 is 5.97 Å². The van der Waals surface area contributed by atoms with Gasteiger partial charge in [0.1, 0.15) is 12.2 Å². The van der Waals surface area contributed by atoms with Gasteiger partial charge in [0.05, 0.1) is 5.69 Å². The third-order valence-electron chi connectivity index (χ3n) is 5.45. The van der Waals surface area contributed by atoms with Crippen LogP contribution in [-0.4, -0.2) is 35.8 Å². The standard InChI is InChI=1S/C17H23BrN2O3/c18-13-1-2-14(20-11-13)17(23-12-15(21)22)5-3-16(4-6-17)7-9-19-10-8-16/h1-2,11,19H,3-10,12H2,(H,21,22). The van der Waals surface area contributed by atoms with Crippen molar-refractivity contribution >= 4 is 21.9 Å². The number of carboxylic acids is 1. The van der Waals surface area contributed by atoms with Gasteiger partial charge in [-0.25, -0.2) is 4.79 Å². The van der Waals surface area contributed by atoms with E-state index in [2.05, 4.69) is 26.2 Å². The monoisotopic (exact) mass is 382 g/mol. The van der Waals surface area contributed by atoms with Crippen molar-refractivity contribution in [3.8, 4) is 0 Å². The van der Waals surface area contributed by atoms with Crippen LogP contribution in [0.15, 0.2) is 22.8 Å². The molecule has 23 heavy (non-hydrogen) atoms. The smallest absolute Gasteiger partial charge is 0.329 e. The van der Waals surface area contributed by atoms with Gasteiger partial charge in [0, 0.05) is 10.7 Å². The highest BCUT2D eigenvalue weighted by Gasteiger charge is 2.45. The average molecular weight is 383 g/mol. The van der Waals surface area contributed by atoms with Crippen LogP contribution in [0.1, 0.15) is 44.2 Å². The van der Waals surface area contributed by atoms with Crippen LogP contribution in [0, 0.1) is 5.41 Å². The van der Waals surface area contributed by atoms with Gasteiger partial charge in [-0.1, -0.05) is 0 Å². The van der Waals surface area contributed by atoms with E-state index in [9.17, 15) is 4.79 Å². The summed E-state index contributed by atoms with van der Waals surface area (Å²) in [7, 11) is 0. The highest BCUT2D eigenvalue weighted by atomic mass is 79.9. The van der Waals surface area contributed by atoms with Crippen LogP contribution < -0.4 is 5.32 Å². The molecule has 5 nitrogen and oxygen atoms in total. The molecule has 1 saturated carbocycles. The molecule has 0 bridgehead atoms. The van der Waals surface area contributed by atoms with Crippen molar-refractivity contribution in [2.45, 2.75) is 44.1 Å². The lowest BCUT2D eigenvalue weighted by Gasteiger charge is -2.47. The fraction of sp³-hybridized carbons (Fsp3) is 0.647. The summed E-state index contributed by atoms with van der Waals surface area (Å²) in [5, 5.41) is 12.5. The zero-order valence-electron chi connectivity index (χ0n) is 13.2. The Bertz CT molecular complexity index is 545. The molecule has 2 aliphatic rings. The minimum absolute atomic E-state index is 0.272. The predicted octanol–water partition coefficient (Wildman–Crippen LogP) is 3.08. The van der Waals surface area contributed by atoms with Crippen molar-refractivity contribution in [3.05, 3.63) is 28.5 Å². The molecular formula is C17H23BrN2O3. The Morgan fingerprint density at radius 3 is 2.48 bits per heavy atom. The maximum absolute atomic E-state index is 11.0. The molecule has 0 atom stereocenters. The van der Waals surface area contributed by atoms with Gasteiger partial charge in [0.25, 0.3) is 0 Å². The largest absolute Gasteiger partial charge is 0.480 e. The molecule has 126 valence electrons. The van der Waals surface area contributed by atoms with Crippen LogP contribution in [0.3, 0.4) is 0 Å². The number of nitrogens with zero attached hydrogens (tertiary/aromatic N) is 1. The zero-order chi connectivity index (χ0) is 16.3. The zero-order valence-corrected chi connectivity index (χ0v) is 14.8. The number of hydrogen-bond acceptors (Lipinski definition) is 4. The normalized spacial score (nSPS) is 22.8. The molecule has 3 rings (SSSR count). The molecule has 1 saturated heterocycles. The minimum Gasteiger partial charge on any atom is -0.480 e. The Kier molecular flexibility index (Phi) is 5.04. The molecule has 1 spiro atoms. The quantitative estimate of drug-likeness (QED) is 0.836. The number of carboxylic acid groups (broad SMARTS) is 1. The Morgan fingerprint density at radius 2 is 1.91 bits per heavy atom. The molecule has 0 unspecified atom stereocenters. The van der Waals surface area contributed by atoms with E-state index >= 15 is 0 Å². The second-order valence-corrected chi connectivity index (χ2v) is 7.70. The van der Waals surface area contributed by atoms with Gasteiger partial charge in [-0.05, 0) is 85.1 Å². The lowest BCUT2D eigenvalue weighted by atomic mass is 9.63. The third kappa shape index (κ3) is 3.75. The van der Waals surface area contributed by atoms with E-state index in [4.69, 9.17) is 9.84 Å². The van der Waals surface area contributed by atoms with E-state index in [0.29, 0.717) is 5.41 Å². The molecule has 0 radical (unpaired) electrons. The molecule has 2 fully saturated rings. The van der Waals surface area contributed by atoms with Gasteiger partial charge in [0.15, 0.2) is 0 Å². The molecule has 1 aromatic rings. The van der Waals surface area contributed by atoms with Gasteiger partial charge in [-0.3, -0.25) is 4.98 Å². The van der Waals surface area contributed by atoms with Crippen molar-refractivity contribution in [2.75, 3.05) is 19.7 Å². The van der Waals surface area contributed by atoms with Gasteiger partial charge in [-0.2, -0.15) is 0 Å². The topological polar surface area (TPSA) is 71.5 Å². The van der Waals surface area contributed by atoms with Crippen molar-refractivity contribution in [1.29, 1.82) is 0 Å². The molecule has 2 N–H and O–H groups in total. The Morgan fingerprint density at radius 1 is 1.22 bits per heavy atom. The van der Waals surface area contributed by atoms with Crippen LogP contribution in [-0.2, 0) is 15.1 Å². The van der Waals surface area contributed by atoms with Gasteiger partial charge in [0.2, 0.25) is 0 Å². The Balaban J connectivity index is 1.79. The van der Waals surface area contributed by atoms with E-state index < -0.39 is 11.6 Å². The number of ether oxygens (including phenoxy) is 1. The average Bonchev–Trinajstić information content (AvgIpc) is 2.56. The summed E-state index contributed by atoms with van der Waals surface area (Å²) in [6, 6.07) is 3.90. The molecule has 0 aromatic carbocycles. The SMILES string of the molecule is O=C(O)COC1(c2ccc(Br)cn2)CCC2(CCNCC2)CC1. The molecule has 1 aromatic heterocycles. The number of rotatable bonds is 4. The molecule has 1 aliphatic carbocycles.